The molecule has 0 bridgehead atoms. The van der Waals surface area contributed by atoms with Crippen molar-refractivity contribution in [2.45, 2.75) is 34.6 Å². The molecule has 0 unspecified atom stereocenters. The van der Waals surface area contributed by atoms with Crippen molar-refractivity contribution in [3.63, 3.8) is 0 Å². The van der Waals surface area contributed by atoms with Gasteiger partial charge >= 0.3 is 150 Å². The van der Waals surface area contributed by atoms with E-state index in [2.05, 4.69) is 44.1 Å². The zero-order chi connectivity index (χ0) is 18.7. The van der Waals surface area contributed by atoms with Crippen molar-refractivity contribution in [1.82, 2.24) is 0 Å². The predicted octanol–water partition coefficient (Wildman–Crippen LogP) is 5.15. The number of amidine groups is 1. The van der Waals surface area contributed by atoms with Gasteiger partial charge in [-0.05, 0) is 0 Å². The van der Waals surface area contributed by atoms with Crippen molar-refractivity contribution < 1.29 is 4.42 Å². The van der Waals surface area contributed by atoms with E-state index in [-0.39, 0.29) is 0 Å². The molecule has 1 heterocycles. The normalized spacial score (nSPS) is 12.2. The Hall–Kier alpha value is -2.62. The van der Waals surface area contributed by atoms with Gasteiger partial charge in [0.2, 0.25) is 0 Å². The quantitative estimate of drug-likeness (QED) is 0.468. The van der Waals surface area contributed by atoms with Crippen molar-refractivity contribution in [2.75, 3.05) is 0 Å². The number of allylic oxidation sites excluding steroid dienone is 3. The molecule has 0 atom stereocenters. The Bertz CT molecular complexity index is 897. The van der Waals surface area contributed by atoms with Crippen LogP contribution in [0.5, 0.6) is 0 Å². The molecular weight excluding hydrogens is 307 g/mol. The van der Waals surface area contributed by atoms with Gasteiger partial charge in [-0.2, -0.15) is 0 Å². The number of hydrogen-bond acceptors (Lipinski definition) is 2. The van der Waals surface area contributed by atoms with Crippen LogP contribution in [0.15, 0.2) is 47.0 Å². The Morgan fingerprint density at radius 2 is 1.88 bits per heavy atom. The summed E-state index contributed by atoms with van der Waals surface area (Å²) in [5.41, 5.74) is 14.0. The molecule has 128 valence electrons. The molecule has 4 heteroatoms. The number of benzene rings is 1. The van der Waals surface area contributed by atoms with Crippen molar-refractivity contribution in [2.24, 2.45) is 10.7 Å². The van der Waals surface area contributed by atoms with Gasteiger partial charge in [0.15, 0.2) is 0 Å². The molecule has 1 aromatic carbocycles. The van der Waals surface area contributed by atoms with Gasteiger partial charge in [0.05, 0.1) is 0 Å². The van der Waals surface area contributed by atoms with E-state index < -0.39 is 0 Å². The van der Waals surface area contributed by atoms with Gasteiger partial charge in [-0.15, -0.1) is 0 Å². The van der Waals surface area contributed by atoms with Gasteiger partial charge in [0.1, 0.15) is 0 Å². The van der Waals surface area contributed by atoms with E-state index >= 15 is 0 Å². The zero-order valence-electron chi connectivity index (χ0n) is 15.7. The van der Waals surface area contributed by atoms with Crippen LogP contribution >= 0.6 is 0 Å². The minimum absolute atomic E-state index is 0.516. The molecule has 0 radical (unpaired) electrons. The molecule has 0 aliphatic rings. The summed E-state index contributed by atoms with van der Waals surface area (Å²) in [6.07, 6.45) is 3.55. The van der Waals surface area contributed by atoms with Crippen molar-refractivity contribution in [3.05, 3.63) is 65.4 Å². The first-order chi connectivity index (χ1) is 11.8. The van der Waals surface area contributed by atoms with E-state index in [1.807, 2.05) is 20.8 Å². The number of hydrogen-bond donors (Lipinski definition) is 1. The van der Waals surface area contributed by atoms with E-state index in [0.717, 1.165) is 50.3 Å². The molecule has 2 aromatic rings. The first-order valence-electron chi connectivity index (χ1n) is 8.26. The summed E-state index contributed by atoms with van der Waals surface area (Å²) in [4.78, 5) is 4.20. The molecule has 0 fully saturated rings. The molecule has 0 aliphatic carbocycles. The van der Waals surface area contributed by atoms with Crippen molar-refractivity contribution >= 4 is 23.9 Å². The molecule has 0 spiro atoms. The standard InChI is InChI=1S/C21H25BN2O/c1-8-17(11-24-16(7)23)18-9-10-19(14(5)13(18)4)21-20(12(2)3)22-15(6)25-21/h8-11H,1-2H2,3-7H3,(H2,23,24)/b17-11+. The van der Waals surface area contributed by atoms with Gasteiger partial charge in [-0.1, -0.05) is 0 Å². The summed E-state index contributed by atoms with van der Waals surface area (Å²) in [5.74, 6) is 1.39. The van der Waals surface area contributed by atoms with E-state index in [4.69, 9.17) is 10.2 Å². The minimum atomic E-state index is 0.516. The Labute approximate surface area is 150 Å². The Morgan fingerprint density at radius 3 is 2.44 bits per heavy atom. The summed E-state index contributed by atoms with van der Waals surface area (Å²) < 4.78 is 5.97. The summed E-state index contributed by atoms with van der Waals surface area (Å²) in [6, 6.07) is 4.16. The fourth-order valence-corrected chi connectivity index (χ4v) is 2.81. The second-order valence-corrected chi connectivity index (χ2v) is 6.35. The van der Waals surface area contributed by atoms with E-state index in [9.17, 15) is 0 Å². The fourth-order valence-electron chi connectivity index (χ4n) is 2.81. The average molecular weight is 332 g/mol. The zero-order valence-corrected chi connectivity index (χ0v) is 15.7. The van der Waals surface area contributed by atoms with Crippen LogP contribution in [0.1, 0.15) is 41.7 Å². The first-order valence-corrected chi connectivity index (χ1v) is 8.26. The number of rotatable bonds is 5. The van der Waals surface area contributed by atoms with Crippen LogP contribution < -0.4 is 5.73 Å². The predicted molar refractivity (Wildman–Crippen MR) is 110 cm³/mol. The van der Waals surface area contributed by atoms with Gasteiger partial charge in [-0.3, -0.25) is 0 Å². The molecule has 0 aliphatic heterocycles. The van der Waals surface area contributed by atoms with Crippen LogP contribution in [0.4, 0.5) is 0 Å². The summed E-state index contributed by atoms with van der Waals surface area (Å²) in [7, 11) is 0. The van der Waals surface area contributed by atoms with Crippen LogP contribution in [0, 0.1) is 20.8 Å². The number of aryl methyl sites for hydroxylation is 1. The van der Waals surface area contributed by atoms with Crippen LogP contribution in [0.3, 0.4) is 0 Å². The first kappa shape index (κ1) is 18.7. The molecule has 0 saturated heterocycles. The van der Waals surface area contributed by atoms with Gasteiger partial charge in [-0.25, -0.2) is 0 Å². The summed E-state index contributed by atoms with van der Waals surface area (Å²) in [6.45, 7) is 19.9. The van der Waals surface area contributed by atoms with Crippen LogP contribution in [-0.2, 0) is 0 Å². The van der Waals surface area contributed by atoms with Gasteiger partial charge in [0.25, 0.3) is 0 Å². The van der Waals surface area contributed by atoms with Crippen molar-refractivity contribution in [3.8, 4) is 11.3 Å². The second kappa shape index (κ2) is 7.52. The van der Waals surface area contributed by atoms with Gasteiger partial charge in [0, 0.05) is 0 Å². The fraction of sp³-hybridized carbons (Fsp3) is 0.238. The molecule has 25 heavy (non-hydrogen) atoms. The maximum atomic E-state index is 5.97. The number of nitrogens with two attached hydrogens (primary N) is 1. The average Bonchev–Trinajstić information content (AvgIpc) is 2.93. The molecule has 2 rings (SSSR count). The van der Waals surface area contributed by atoms with E-state index in [1.165, 1.54) is 0 Å². The SMILES string of the molecule is C=C/C(=C\N=C(C)N)c1ccc(-c2oc(C)bc2C(=C)C)c(C)c1C. The molecule has 2 N–H and O–H groups in total. The van der Waals surface area contributed by atoms with Crippen LogP contribution in [-0.4, -0.2) is 12.7 Å². The Morgan fingerprint density at radius 1 is 1.20 bits per heavy atom. The summed E-state index contributed by atoms with van der Waals surface area (Å²) in [5, 5.41) is 0. The molecule has 3 nitrogen and oxygen atoms in total. The Balaban J connectivity index is 2.63. The maximum absolute atomic E-state index is 5.97. The third-order valence-electron chi connectivity index (χ3n) is 4.29. The van der Waals surface area contributed by atoms with Crippen molar-refractivity contribution in [1.29, 1.82) is 0 Å². The Kier molecular flexibility index (Phi) is 5.63. The van der Waals surface area contributed by atoms with E-state index in [0.29, 0.717) is 5.84 Å². The molecule has 0 amide bonds. The molecule has 1 aromatic heterocycles. The van der Waals surface area contributed by atoms with Crippen LogP contribution in [0.2, 0.25) is 0 Å². The third-order valence-corrected chi connectivity index (χ3v) is 4.29. The van der Waals surface area contributed by atoms with Crippen LogP contribution in [0.25, 0.3) is 22.5 Å². The number of aliphatic imine (C=N–C) groups is 1. The molecular formula is C21H25BN2O. The molecule has 0 saturated carbocycles. The number of nitrogens with zero attached hydrogens (tertiary/aromatic N) is 1. The monoisotopic (exact) mass is 332 g/mol. The second-order valence-electron chi connectivity index (χ2n) is 6.35. The topological polar surface area (TPSA) is 51.5 Å². The summed E-state index contributed by atoms with van der Waals surface area (Å²) >= 11 is 0. The van der Waals surface area contributed by atoms with E-state index in [1.54, 1.807) is 19.2 Å². The third kappa shape index (κ3) is 3.90. The van der Waals surface area contributed by atoms with Gasteiger partial charge < -0.3 is 0 Å².